The molecule has 1 saturated heterocycles. The summed E-state index contributed by atoms with van der Waals surface area (Å²) in [4.78, 5) is 23.0. The van der Waals surface area contributed by atoms with Crippen LogP contribution in [0.4, 0.5) is 5.82 Å². The second kappa shape index (κ2) is 6.31. The Labute approximate surface area is 154 Å². The standard InChI is InChI=1S/C19H17N7O/c27-18-4-3-16(15-2-1-6-20-10-15)23-26(18)13-14-11-24(12-14)19-17-5-7-22-25(17)9-8-21-19/h1-10,14H,11-13H2. The van der Waals surface area contributed by atoms with Gasteiger partial charge in [0.1, 0.15) is 5.52 Å². The van der Waals surface area contributed by atoms with Gasteiger partial charge in [0.15, 0.2) is 5.82 Å². The number of aromatic nitrogens is 6. The summed E-state index contributed by atoms with van der Waals surface area (Å²) in [5.41, 5.74) is 2.56. The number of pyridine rings is 1. The molecule has 5 heterocycles. The zero-order valence-corrected chi connectivity index (χ0v) is 14.5. The number of hydrogen-bond acceptors (Lipinski definition) is 6. The van der Waals surface area contributed by atoms with Crippen LogP contribution in [0.2, 0.25) is 0 Å². The zero-order chi connectivity index (χ0) is 18.2. The van der Waals surface area contributed by atoms with E-state index in [9.17, 15) is 4.79 Å². The third-order valence-corrected chi connectivity index (χ3v) is 4.82. The second-order valence-corrected chi connectivity index (χ2v) is 6.66. The Morgan fingerprint density at radius 2 is 2.00 bits per heavy atom. The quantitative estimate of drug-likeness (QED) is 0.549. The number of anilines is 1. The van der Waals surface area contributed by atoms with Gasteiger partial charge in [0.05, 0.1) is 18.4 Å². The van der Waals surface area contributed by atoms with Gasteiger partial charge < -0.3 is 4.90 Å². The molecule has 0 aliphatic carbocycles. The molecule has 0 aromatic carbocycles. The van der Waals surface area contributed by atoms with Crippen LogP contribution in [0, 0.1) is 5.92 Å². The SMILES string of the molecule is O=c1ccc(-c2cccnc2)nn1CC1CN(c2nccn3nccc23)C1. The molecule has 0 amide bonds. The van der Waals surface area contributed by atoms with Gasteiger partial charge in [-0.25, -0.2) is 14.2 Å². The van der Waals surface area contributed by atoms with E-state index in [0.717, 1.165) is 35.7 Å². The molecule has 8 heteroatoms. The van der Waals surface area contributed by atoms with Gasteiger partial charge >= 0.3 is 0 Å². The topological polar surface area (TPSA) is 81.2 Å². The van der Waals surface area contributed by atoms with Gasteiger partial charge in [0.25, 0.3) is 5.56 Å². The monoisotopic (exact) mass is 359 g/mol. The van der Waals surface area contributed by atoms with Crippen molar-refractivity contribution in [3.05, 3.63) is 71.7 Å². The average molecular weight is 359 g/mol. The van der Waals surface area contributed by atoms with Crippen LogP contribution >= 0.6 is 0 Å². The van der Waals surface area contributed by atoms with E-state index in [1.54, 1.807) is 41.6 Å². The molecule has 134 valence electrons. The highest BCUT2D eigenvalue weighted by Gasteiger charge is 2.30. The summed E-state index contributed by atoms with van der Waals surface area (Å²) in [7, 11) is 0. The van der Waals surface area contributed by atoms with Crippen LogP contribution in [0.15, 0.2) is 66.1 Å². The summed E-state index contributed by atoms with van der Waals surface area (Å²) < 4.78 is 3.37. The van der Waals surface area contributed by atoms with Crippen LogP contribution in [0.5, 0.6) is 0 Å². The highest BCUT2D eigenvalue weighted by atomic mass is 16.1. The van der Waals surface area contributed by atoms with E-state index < -0.39 is 0 Å². The maximum absolute atomic E-state index is 12.2. The minimum atomic E-state index is -0.0860. The van der Waals surface area contributed by atoms with Gasteiger partial charge in [-0.05, 0) is 24.3 Å². The molecule has 1 aliphatic heterocycles. The van der Waals surface area contributed by atoms with E-state index in [0.29, 0.717) is 12.5 Å². The van der Waals surface area contributed by atoms with Crippen molar-refractivity contribution in [3.8, 4) is 11.3 Å². The third kappa shape index (κ3) is 2.84. The average Bonchev–Trinajstić information content (AvgIpc) is 3.15. The lowest BCUT2D eigenvalue weighted by molar-refractivity contribution is 0.334. The van der Waals surface area contributed by atoms with Crippen molar-refractivity contribution in [3.63, 3.8) is 0 Å². The lowest BCUT2D eigenvalue weighted by Crippen LogP contribution is -2.50. The highest BCUT2D eigenvalue weighted by Crippen LogP contribution is 2.27. The lowest BCUT2D eigenvalue weighted by atomic mass is 10.00. The lowest BCUT2D eigenvalue weighted by Gasteiger charge is -2.40. The van der Waals surface area contributed by atoms with E-state index in [4.69, 9.17) is 0 Å². The van der Waals surface area contributed by atoms with Gasteiger partial charge in [0, 0.05) is 55.4 Å². The summed E-state index contributed by atoms with van der Waals surface area (Å²) >= 11 is 0. The van der Waals surface area contributed by atoms with Crippen molar-refractivity contribution in [2.24, 2.45) is 5.92 Å². The van der Waals surface area contributed by atoms with E-state index in [1.807, 2.05) is 28.9 Å². The van der Waals surface area contributed by atoms with Crippen molar-refractivity contribution in [2.75, 3.05) is 18.0 Å². The van der Waals surface area contributed by atoms with Gasteiger partial charge in [-0.1, -0.05) is 0 Å². The van der Waals surface area contributed by atoms with Crippen LogP contribution in [0.25, 0.3) is 16.8 Å². The number of hydrogen-bond donors (Lipinski definition) is 0. The van der Waals surface area contributed by atoms with Crippen molar-refractivity contribution in [1.29, 1.82) is 0 Å². The highest BCUT2D eigenvalue weighted by molar-refractivity contribution is 5.69. The number of fused-ring (bicyclic) bond motifs is 1. The molecule has 0 unspecified atom stereocenters. The predicted octanol–water partition coefficient (Wildman–Crippen LogP) is 1.48. The van der Waals surface area contributed by atoms with Crippen LogP contribution in [-0.2, 0) is 6.54 Å². The molecule has 5 rings (SSSR count). The van der Waals surface area contributed by atoms with E-state index in [2.05, 4.69) is 25.1 Å². The Morgan fingerprint density at radius 3 is 2.85 bits per heavy atom. The van der Waals surface area contributed by atoms with Crippen molar-refractivity contribution < 1.29 is 0 Å². The van der Waals surface area contributed by atoms with Crippen molar-refractivity contribution >= 4 is 11.3 Å². The number of nitrogens with zero attached hydrogens (tertiary/aromatic N) is 7. The summed E-state index contributed by atoms with van der Waals surface area (Å²) in [6.45, 7) is 2.26. The van der Waals surface area contributed by atoms with Crippen LogP contribution in [0.3, 0.4) is 0 Å². The van der Waals surface area contributed by atoms with Gasteiger partial charge in [0.2, 0.25) is 0 Å². The van der Waals surface area contributed by atoms with Crippen molar-refractivity contribution in [2.45, 2.75) is 6.54 Å². The molecule has 0 spiro atoms. The Kier molecular flexibility index (Phi) is 3.67. The molecule has 0 radical (unpaired) electrons. The Morgan fingerprint density at radius 1 is 1.07 bits per heavy atom. The molecule has 0 saturated carbocycles. The normalized spacial score (nSPS) is 14.4. The molecule has 4 aromatic heterocycles. The van der Waals surface area contributed by atoms with Crippen LogP contribution in [0.1, 0.15) is 0 Å². The van der Waals surface area contributed by atoms with Crippen molar-refractivity contribution in [1.82, 2.24) is 29.4 Å². The molecule has 8 nitrogen and oxygen atoms in total. The molecular formula is C19H17N7O. The fraction of sp³-hybridized carbons (Fsp3) is 0.211. The first-order chi connectivity index (χ1) is 13.3. The van der Waals surface area contributed by atoms with Crippen LogP contribution in [-0.4, -0.2) is 42.5 Å². The Bertz CT molecular complexity index is 1150. The minimum absolute atomic E-state index is 0.0860. The smallest absolute Gasteiger partial charge is 0.266 e. The second-order valence-electron chi connectivity index (χ2n) is 6.66. The molecule has 27 heavy (non-hydrogen) atoms. The van der Waals surface area contributed by atoms with Gasteiger partial charge in [-0.15, -0.1) is 0 Å². The Hall–Kier alpha value is -3.55. The summed E-state index contributed by atoms with van der Waals surface area (Å²) in [5, 5.41) is 8.77. The zero-order valence-electron chi connectivity index (χ0n) is 14.5. The summed E-state index contributed by atoms with van der Waals surface area (Å²) in [6.07, 6.45) is 8.83. The van der Waals surface area contributed by atoms with Crippen LogP contribution < -0.4 is 10.5 Å². The summed E-state index contributed by atoms with van der Waals surface area (Å²) in [5.74, 6) is 1.28. The molecule has 4 aromatic rings. The van der Waals surface area contributed by atoms with E-state index in [-0.39, 0.29) is 5.56 Å². The molecule has 0 atom stereocenters. The van der Waals surface area contributed by atoms with Gasteiger partial charge in [-0.2, -0.15) is 10.2 Å². The maximum atomic E-state index is 12.2. The van der Waals surface area contributed by atoms with Gasteiger partial charge in [-0.3, -0.25) is 9.78 Å². The first-order valence-corrected chi connectivity index (χ1v) is 8.80. The first-order valence-electron chi connectivity index (χ1n) is 8.80. The molecule has 0 bridgehead atoms. The minimum Gasteiger partial charge on any atom is -0.354 e. The molecule has 1 fully saturated rings. The third-order valence-electron chi connectivity index (χ3n) is 4.82. The fourth-order valence-electron chi connectivity index (χ4n) is 3.44. The first kappa shape index (κ1) is 15.7. The van der Waals surface area contributed by atoms with E-state index >= 15 is 0 Å². The Balaban J connectivity index is 1.33. The number of rotatable bonds is 4. The molecular weight excluding hydrogens is 342 g/mol. The largest absolute Gasteiger partial charge is 0.354 e. The predicted molar refractivity (Wildman–Crippen MR) is 100 cm³/mol. The maximum Gasteiger partial charge on any atom is 0.266 e. The molecule has 0 N–H and O–H groups in total. The summed E-state index contributed by atoms with van der Waals surface area (Å²) in [6, 6.07) is 9.07. The fourth-order valence-corrected chi connectivity index (χ4v) is 3.44. The van der Waals surface area contributed by atoms with E-state index in [1.165, 1.54) is 0 Å². The molecule has 1 aliphatic rings.